The summed E-state index contributed by atoms with van der Waals surface area (Å²) in [6.07, 6.45) is 7.77. The third kappa shape index (κ3) is 2.81. The lowest BCUT2D eigenvalue weighted by Crippen LogP contribution is -2.68. The van der Waals surface area contributed by atoms with E-state index in [4.69, 9.17) is 0 Å². The molecule has 4 fully saturated rings. The first-order chi connectivity index (χ1) is 16.5. The molecule has 0 aliphatic heterocycles. The molecule has 5 aliphatic rings. The normalized spacial score (nSPS) is 56.3. The largest absolute Gasteiger partial charge is 0.481 e. The Morgan fingerprint density at radius 1 is 0.861 bits per heavy atom. The number of aliphatic hydroxyl groups is 2. The van der Waals surface area contributed by atoms with Crippen molar-refractivity contribution in [3.63, 3.8) is 0 Å². The molecule has 0 aromatic heterocycles. The Bertz CT molecular complexity index is 1020. The lowest BCUT2D eigenvalue weighted by Gasteiger charge is -2.71. The summed E-state index contributed by atoms with van der Waals surface area (Å²) in [4.78, 5) is 25.4. The van der Waals surface area contributed by atoms with Crippen LogP contribution in [0.3, 0.4) is 0 Å². The molecule has 6 heteroatoms. The molecule has 5 aliphatic carbocycles. The second-order valence-corrected chi connectivity index (χ2v) is 14.5. The number of hydrogen-bond donors (Lipinski definition) is 4. The fraction of sp³-hybridized carbons (Fsp3) is 0.867. The molecule has 0 radical (unpaired) electrons. The highest BCUT2D eigenvalue weighted by atomic mass is 16.4. The molecule has 5 rings (SSSR count). The van der Waals surface area contributed by atoms with E-state index in [0.717, 1.165) is 44.1 Å². The lowest BCUT2D eigenvalue weighted by molar-refractivity contribution is -0.224. The second-order valence-electron chi connectivity index (χ2n) is 14.5. The van der Waals surface area contributed by atoms with E-state index in [2.05, 4.69) is 33.8 Å². The van der Waals surface area contributed by atoms with Gasteiger partial charge in [0, 0.05) is 5.92 Å². The molecule has 4 saturated carbocycles. The van der Waals surface area contributed by atoms with Crippen LogP contribution < -0.4 is 0 Å². The van der Waals surface area contributed by atoms with Gasteiger partial charge in [-0.05, 0) is 106 Å². The highest BCUT2D eigenvalue weighted by Gasteiger charge is 2.72. The van der Waals surface area contributed by atoms with E-state index in [9.17, 15) is 30.0 Å². The van der Waals surface area contributed by atoms with Gasteiger partial charge in [0.25, 0.3) is 0 Å². The molecule has 6 nitrogen and oxygen atoms in total. The highest BCUT2D eigenvalue weighted by Crippen LogP contribution is 2.76. The number of aliphatic hydroxyl groups excluding tert-OH is 1. The monoisotopic (exact) mass is 502 g/mol. The van der Waals surface area contributed by atoms with Crippen molar-refractivity contribution in [2.75, 3.05) is 0 Å². The zero-order valence-corrected chi connectivity index (χ0v) is 22.9. The van der Waals surface area contributed by atoms with Crippen LogP contribution in [0.25, 0.3) is 0 Å². The maximum absolute atomic E-state index is 12.8. The van der Waals surface area contributed by atoms with Crippen LogP contribution in [-0.2, 0) is 9.59 Å². The minimum atomic E-state index is -1.16. The predicted molar refractivity (Wildman–Crippen MR) is 136 cm³/mol. The van der Waals surface area contributed by atoms with Gasteiger partial charge in [-0.1, -0.05) is 39.3 Å². The molecular weight excluding hydrogens is 456 g/mol. The smallest absolute Gasteiger partial charge is 0.312 e. The fourth-order valence-electron chi connectivity index (χ4n) is 10.8. The number of fused-ring (bicyclic) bond motifs is 7. The van der Waals surface area contributed by atoms with Crippen LogP contribution >= 0.6 is 0 Å². The maximum atomic E-state index is 12.8. The number of carboxylic acid groups (broad SMARTS) is 2. The van der Waals surface area contributed by atoms with E-state index in [1.54, 1.807) is 6.92 Å². The Balaban J connectivity index is 1.64. The van der Waals surface area contributed by atoms with E-state index < -0.39 is 40.4 Å². The Hall–Kier alpha value is -1.40. The summed E-state index contributed by atoms with van der Waals surface area (Å²) < 4.78 is 0. The van der Waals surface area contributed by atoms with Crippen molar-refractivity contribution < 1.29 is 30.0 Å². The summed E-state index contributed by atoms with van der Waals surface area (Å²) in [5.41, 5.74) is -2.66. The van der Waals surface area contributed by atoms with Crippen LogP contribution in [0.5, 0.6) is 0 Å². The topological polar surface area (TPSA) is 115 Å². The van der Waals surface area contributed by atoms with Gasteiger partial charge in [-0.3, -0.25) is 9.59 Å². The first kappa shape index (κ1) is 26.2. The van der Waals surface area contributed by atoms with Gasteiger partial charge in [-0.2, -0.15) is 0 Å². The Morgan fingerprint density at radius 2 is 1.53 bits per heavy atom. The van der Waals surface area contributed by atoms with Crippen molar-refractivity contribution in [3.8, 4) is 0 Å². The Labute approximate surface area is 215 Å². The summed E-state index contributed by atoms with van der Waals surface area (Å²) in [5, 5.41) is 43.5. The van der Waals surface area contributed by atoms with Gasteiger partial charge in [0.05, 0.1) is 22.5 Å². The van der Waals surface area contributed by atoms with E-state index >= 15 is 0 Å². The van der Waals surface area contributed by atoms with Crippen LogP contribution in [0.2, 0.25) is 0 Å². The number of allylic oxidation sites excluding steroid dienone is 1. The average molecular weight is 503 g/mol. The van der Waals surface area contributed by atoms with Crippen molar-refractivity contribution in [1.29, 1.82) is 0 Å². The highest BCUT2D eigenvalue weighted by molar-refractivity contribution is 5.77. The van der Waals surface area contributed by atoms with E-state index in [0.29, 0.717) is 19.3 Å². The van der Waals surface area contributed by atoms with Crippen molar-refractivity contribution in [2.24, 2.45) is 50.7 Å². The van der Waals surface area contributed by atoms with Crippen LogP contribution in [0, 0.1) is 50.7 Å². The van der Waals surface area contributed by atoms with Crippen molar-refractivity contribution in [3.05, 3.63) is 11.6 Å². The zero-order valence-electron chi connectivity index (χ0n) is 22.9. The lowest BCUT2D eigenvalue weighted by atomic mass is 9.33. The van der Waals surface area contributed by atoms with Gasteiger partial charge < -0.3 is 20.4 Å². The molecule has 0 aromatic rings. The van der Waals surface area contributed by atoms with Crippen LogP contribution in [0.4, 0.5) is 0 Å². The van der Waals surface area contributed by atoms with Gasteiger partial charge in [-0.15, -0.1) is 0 Å². The predicted octanol–water partition coefficient (Wildman–Crippen LogP) is 5.27. The summed E-state index contributed by atoms with van der Waals surface area (Å²) in [5.74, 6) is -1.93. The molecule has 4 N–H and O–H groups in total. The number of hydrogen-bond acceptors (Lipinski definition) is 4. The van der Waals surface area contributed by atoms with Gasteiger partial charge in [0.2, 0.25) is 0 Å². The summed E-state index contributed by atoms with van der Waals surface area (Å²) in [7, 11) is 0. The molecule has 0 spiro atoms. The molecule has 0 saturated heterocycles. The van der Waals surface area contributed by atoms with Crippen molar-refractivity contribution >= 4 is 11.9 Å². The molecule has 11 atom stereocenters. The quantitative estimate of drug-likeness (QED) is 0.383. The molecule has 0 unspecified atom stereocenters. The average Bonchev–Trinajstić information content (AvgIpc) is 2.79. The van der Waals surface area contributed by atoms with Gasteiger partial charge in [-0.25, -0.2) is 0 Å². The SMILES string of the molecule is C[C@@H]1CC[C@]2(C(=O)O)CC[C@]3(C)C(=CC[C@@H]4[C@@]5(C)CC[C@H](O)[C@](C)(C(=O)O)[C@H]5CC[C@]43C)[C@H]2[C@]1(C)O. The molecule has 0 bridgehead atoms. The van der Waals surface area contributed by atoms with E-state index in [-0.39, 0.29) is 34.0 Å². The minimum absolute atomic E-state index is 0.0214. The van der Waals surface area contributed by atoms with E-state index in [1.165, 1.54) is 0 Å². The van der Waals surface area contributed by atoms with Crippen LogP contribution in [0.1, 0.15) is 99.3 Å². The molecule has 36 heavy (non-hydrogen) atoms. The number of carboxylic acids is 2. The Morgan fingerprint density at radius 3 is 2.14 bits per heavy atom. The summed E-state index contributed by atoms with van der Waals surface area (Å²) >= 11 is 0. The third-order valence-electron chi connectivity index (χ3n) is 13.6. The molecule has 0 aromatic carbocycles. The van der Waals surface area contributed by atoms with Gasteiger partial charge >= 0.3 is 11.9 Å². The molecule has 202 valence electrons. The van der Waals surface area contributed by atoms with Crippen molar-refractivity contribution in [1.82, 2.24) is 0 Å². The van der Waals surface area contributed by atoms with Gasteiger partial charge in [0.1, 0.15) is 0 Å². The minimum Gasteiger partial charge on any atom is -0.481 e. The number of carbonyl (C=O) groups is 2. The number of rotatable bonds is 2. The fourth-order valence-corrected chi connectivity index (χ4v) is 10.8. The molecule has 0 heterocycles. The first-order valence-corrected chi connectivity index (χ1v) is 14.1. The van der Waals surface area contributed by atoms with Crippen molar-refractivity contribution in [2.45, 2.75) is 111 Å². The maximum Gasteiger partial charge on any atom is 0.312 e. The standard InChI is InChI=1S/C30H46O6/c1-17-9-14-30(24(34)35)16-15-26(3)18(22(30)29(17,6)36)7-8-19-25(2)12-11-21(31)28(5,23(32)33)20(25)10-13-27(19,26)4/h7,17,19-22,31,36H,8-16H2,1-6H3,(H,32,33)(H,34,35)/t17-,19-,20+,21+,22+,25-,26-,27-,28-,29-,30+/m1/s1. The number of aliphatic carboxylic acids is 2. The summed E-state index contributed by atoms with van der Waals surface area (Å²) in [6, 6.07) is 0. The molecular formula is C30H46O6. The van der Waals surface area contributed by atoms with E-state index in [1.807, 2.05) is 6.92 Å². The zero-order chi connectivity index (χ0) is 26.7. The third-order valence-corrected chi connectivity index (χ3v) is 13.6. The van der Waals surface area contributed by atoms with Crippen LogP contribution in [-0.4, -0.2) is 44.1 Å². The summed E-state index contributed by atoms with van der Waals surface area (Å²) in [6.45, 7) is 12.6. The molecule has 0 amide bonds. The first-order valence-electron chi connectivity index (χ1n) is 14.1. The van der Waals surface area contributed by atoms with Gasteiger partial charge in [0.15, 0.2) is 0 Å². The Kier molecular flexibility index (Phi) is 5.53. The van der Waals surface area contributed by atoms with Crippen LogP contribution in [0.15, 0.2) is 11.6 Å². The second kappa shape index (κ2) is 7.59.